The average molecular weight is 295 g/mol. The SMILES string of the molecule is Cc1cc(N)c(C)c(S(=O)(=O)NCCc2ncn[nH]2)c1. The number of aryl methyl sites for hydroxylation is 1. The number of nitrogens with zero attached hydrogens (tertiary/aromatic N) is 2. The van der Waals surface area contributed by atoms with Gasteiger partial charge in [0.05, 0.1) is 4.90 Å². The molecule has 0 saturated carbocycles. The van der Waals surface area contributed by atoms with Crippen molar-refractivity contribution in [3.8, 4) is 0 Å². The minimum atomic E-state index is -3.58. The van der Waals surface area contributed by atoms with Gasteiger partial charge in [-0.15, -0.1) is 0 Å². The summed E-state index contributed by atoms with van der Waals surface area (Å²) >= 11 is 0. The van der Waals surface area contributed by atoms with Gasteiger partial charge in [0.2, 0.25) is 10.0 Å². The topological polar surface area (TPSA) is 114 Å². The number of H-pyrrole nitrogens is 1. The Hall–Kier alpha value is -1.93. The van der Waals surface area contributed by atoms with Crippen molar-refractivity contribution in [3.63, 3.8) is 0 Å². The number of anilines is 1. The molecule has 2 rings (SSSR count). The lowest BCUT2D eigenvalue weighted by Crippen LogP contribution is -2.27. The highest BCUT2D eigenvalue weighted by Crippen LogP contribution is 2.22. The first-order valence-corrected chi connectivity index (χ1v) is 7.59. The van der Waals surface area contributed by atoms with Crippen LogP contribution in [0.15, 0.2) is 23.4 Å². The van der Waals surface area contributed by atoms with Gasteiger partial charge in [-0.1, -0.05) is 0 Å². The normalized spacial score (nSPS) is 11.7. The molecule has 0 radical (unpaired) electrons. The molecule has 4 N–H and O–H groups in total. The number of sulfonamides is 1. The van der Waals surface area contributed by atoms with Crippen molar-refractivity contribution in [2.75, 3.05) is 12.3 Å². The largest absolute Gasteiger partial charge is 0.398 e. The van der Waals surface area contributed by atoms with Gasteiger partial charge in [0.15, 0.2) is 0 Å². The number of aromatic amines is 1. The summed E-state index contributed by atoms with van der Waals surface area (Å²) in [5, 5.41) is 6.38. The molecule has 0 bridgehead atoms. The lowest BCUT2D eigenvalue weighted by atomic mass is 10.1. The molecule has 2 aromatic rings. The molecular formula is C12H17N5O2S. The van der Waals surface area contributed by atoms with Crippen molar-refractivity contribution in [2.24, 2.45) is 0 Å². The molecule has 0 atom stereocenters. The zero-order valence-electron chi connectivity index (χ0n) is 11.3. The standard InChI is InChI=1S/C12H17N5O2S/c1-8-5-10(13)9(2)11(6-8)20(18,19)16-4-3-12-14-7-15-17-12/h5-7,16H,3-4,13H2,1-2H3,(H,14,15,17). The van der Waals surface area contributed by atoms with Crippen molar-refractivity contribution in [1.82, 2.24) is 19.9 Å². The molecule has 0 aliphatic heterocycles. The van der Waals surface area contributed by atoms with Crippen LogP contribution in [0.4, 0.5) is 5.69 Å². The molecule has 1 aromatic heterocycles. The summed E-state index contributed by atoms with van der Waals surface area (Å²) in [5.74, 6) is 0.633. The molecule has 0 spiro atoms. The van der Waals surface area contributed by atoms with Crippen LogP contribution in [0.3, 0.4) is 0 Å². The maximum atomic E-state index is 12.3. The van der Waals surface area contributed by atoms with Crippen LogP contribution in [-0.2, 0) is 16.4 Å². The Balaban J connectivity index is 2.14. The van der Waals surface area contributed by atoms with Crippen LogP contribution < -0.4 is 10.5 Å². The smallest absolute Gasteiger partial charge is 0.240 e. The van der Waals surface area contributed by atoms with E-state index in [-0.39, 0.29) is 11.4 Å². The van der Waals surface area contributed by atoms with E-state index in [2.05, 4.69) is 19.9 Å². The Morgan fingerprint density at radius 1 is 1.35 bits per heavy atom. The monoisotopic (exact) mass is 295 g/mol. The number of aromatic nitrogens is 3. The lowest BCUT2D eigenvalue weighted by molar-refractivity contribution is 0.580. The maximum Gasteiger partial charge on any atom is 0.240 e. The van der Waals surface area contributed by atoms with Crippen LogP contribution in [0, 0.1) is 13.8 Å². The first-order valence-electron chi connectivity index (χ1n) is 6.11. The van der Waals surface area contributed by atoms with Gasteiger partial charge in [-0.2, -0.15) is 5.10 Å². The van der Waals surface area contributed by atoms with Gasteiger partial charge in [0.25, 0.3) is 0 Å². The zero-order valence-corrected chi connectivity index (χ0v) is 12.2. The van der Waals surface area contributed by atoms with Gasteiger partial charge in [0, 0.05) is 18.7 Å². The predicted molar refractivity (Wildman–Crippen MR) is 75.6 cm³/mol. The third kappa shape index (κ3) is 3.14. The number of benzene rings is 1. The predicted octanol–water partition coefficient (Wildman–Crippen LogP) is 0.525. The molecule has 0 saturated heterocycles. The van der Waals surface area contributed by atoms with Gasteiger partial charge >= 0.3 is 0 Å². The van der Waals surface area contributed by atoms with Crippen molar-refractivity contribution >= 4 is 15.7 Å². The van der Waals surface area contributed by atoms with Crippen molar-refractivity contribution in [3.05, 3.63) is 35.4 Å². The maximum absolute atomic E-state index is 12.3. The molecule has 20 heavy (non-hydrogen) atoms. The molecule has 0 unspecified atom stereocenters. The number of nitrogens with one attached hydrogen (secondary N) is 2. The third-order valence-electron chi connectivity index (χ3n) is 2.95. The number of hydrogen-bond acceptors (Lipinski definition) is 5. The second-order valence-corrected chi connectivity index (χ2v) is 6.29. The van der Waals surface area contributed by atoms with Crippen molar-refractivity contribution < 1.29 is 8.42 Å². The number of nitrogen functional groups attached to an aromatic ring is 1. The summed E-state index contributed by atoms with van der Waals surface area (Å²) < 4.78 is 27.1. The van der Waals surface area contributed by atoms with E-state index in [1.165, 1.54) is 6.33 Å². The molecule has 108 valence electrons. The van der Waals surface area contributed by atoms with Crippen LogP contribution >= 0.6 is 0 Å². The fourth-order valence-electron chi connectivity index (χ4n) is 1.86. The van der Waals surface area contributed by atoms with Crippen molar-refractivity contribution in [2.45, 2.75) is 25.2 Å². The van der Waals surface area contributed by atoms with E-state index in [0.717, 1.165) is 5.56 Å². The fourth-order valence-corrected chi connectivity index (χ4v) is 3.25. The molecule has 8 heteroatoms. The molecule has 1 aromatic carbocycles. The molecule has 0 amide bonds. The van der Waals surface area contributed by atoms with Gasteiger partial charge in [0.1, 0.15) is 12.2 Å². The molecule has 0 aliphatic rings. The molecule has 0 aliphatic carbocycles. The summed E-state index contributed by atoms with van der Waals surface area (Å²) in [6, 6.07) is 3.37. The van der Waals surface area contributed by atoms with Gasteiger partial charge in [-0.05, 0) is 37.1 Å². The summed E-state index contributed by atoms with van der Waals surface area (Å²) in [6.07, 6.45) is 1.83. The van der Waals surface area contributed by atoms with E-state index in [9.17, 15) is 8.42 Å². The van der Waals surface area contributed by atoms with Crippen LogP contribution in [0.25, 0.3) is 0 Å². The van der Waals surface area contributed by atoms with Crippen LogP contribution in [0.5, 0.6) is 0 Å². The molecule has 7 nitrogen and oxygen atoms in total. The molecule has 0 fully saturated rings. The minimum absolute atomic E-state index is 0.215. The van der Waals surface area contributed by atoms with E-state index < -0.39 is 10.0 Å². The van der Waals surface area contributed by atoms with Crippen LogP contribution in [0.2, 0.25) is 0 Å². The van der Waals surface area contributed by atoms with E-state index >= 15 is 0 Å². The second kappa shape index (κ2) is 5.59. The third-order valence-corrected chi connectivity index (χ3v) is 4.54. The van der Waals surface area contributed by atoms with E-state index in [4.69, 9.17) is 5.73 Å². The van der Waals surface area contributed by atoms with Crippen LogP contribution in [0.1, 0.15) is 17.0 Å². The van der Waals surface area contributed by atoms with E-state index in [1.807, 2.05) is 6.92 Å². The summed E-state index contributed by atoms with van der Waals surface area (Å²) in [4.78, 5) is 4.15. The van der Waals surface area contributed by atoms with E-state index in [0.29, 0.717) is 23.5 Å². The highest BCUT2D eigenvalue weighted by atomic mass is 32.2. The average Bonchev–Trinajstić information content (AvgIpc) is 2.86. The Kier molecular flexibility index (Phi) is 4.05. The quantitative estimate of drug-likeness (QED) is 0.696. The number of hydrogen-bond donors (Lipinski definition) is 3. The zero-order chi connectivity index (χ0) is 14.8. The van der Waals surface area contributed by atoms with Crippen LogP contribution in [-0.4, -0.2) is 30.1 Å². The first-order chi connectivity index (χ1) is 9.40. The van der Waals surface area contributed by atoms with Crippen molar-refractivity contribution in [1.29, 1.82) is 0 Å². The second-order valence-electron chi connectivity index (χ2n) is 4.56. The summed E-state index contributed by atoms with van der Waals surface area (Å²) in [6.45, 7) is 3.74. The Bertz CT molecular complexity index is 695. The summed E-state index contributed by atoms with van der Waals surface area (Å²) in [5.41, 5.74) is 7.65. The minimum Gasteiger partial charge on any atom is -0.398 e. The van der Waals surface area contributed by atoms with Gasteiger partial charge < -0.3 is 5.73 Å². The van der Waals surface area contributed by atoms with Gasteiger partial charge in [-0.25, -0.2) is 18.1 Å². The number of nitrogens with two attached hydrogens (primary N) is 1. The number of rotatable bonds is 5. The van der Waals surface area contributed by atoms with E-state index in [1.54, 1.807) is 19.1 Å². The molecule has 1 heterocycles. The lowest BCUT2D eigenvalue weighted by Gasteiger charge is -2.11. The van der Waals surface area contributed by atoms with Gasteiger partial charge in [-0.3, -0.25) is 5.10 Å². The Morgan fingerprint density at radius 2 is 2.10 bits per heavy atom. The fraction of sp³-hybridized carbons (Fsp3) is 0.333. The Labute approximate surface area is 117 Å². The first kappa shape index (κ1) is 14.5. The highest BCUT2D eigenvalue weighted by molar-refractivity contribution is 7.89. The highest BCUT2D eigenvalue weighted by Gasteiger charge is 2.18. The molecular weight excluding hydrogens is 278 g/mol. The Morgan fingerprint density at radius 3 is 2.75 bits per heavy atom. The summed E-state index contributed by atoms with van der Waals surface area (Å²) in [7, 11) is -3.58.